The lowest BCUT2D eigenvalue weighted by molar-refractivity contribution is -0.124. The van der Waals surface area contributed by atoms with Gasteiger partial charge >= 0.3 is 0 Å². The van der Waals surface area contributed by atoms with Gasteiger partial charge in [-0.15, -0.1) is 11.8 Å². The molecule has 2 aliphatic rings. The second-order valence-corrected chi connectivity index (χ2v) is 7.70. The first-order valence-electron chi connectivity index (χ1n) is 9.19. The van der Waals surface area contributed by atoms with Gasteiger partial charge in [0.25, 0.3) is 5.91 Å². The summed E-state index contributed by atoms with van der Waals surface area (Å²) in [6.07, 6.45) is 4.90. The van der Waals surface area contributed by atoms with Crippen LogP contribution in [-0.2, 0) is 4.79 Å². The molecular formula is C19H27N3O2S. The van der Waals surface area contributed by atoms with Crippen LogP contribution in [0.25, 0.3) is 0 Å². The molecule has 0 saturated carbocycles. The predicted molar refractivity (Wildman–Crippen MR) is 102 cm³/mol. The zero-order valence-corrected chi connectivity index (χ0v) is 15.5. The lowest BCUT2D eigenvalue weighted by Gasteiger charge is -2.26. The van der Waals surface area contributed by atoms with Crippen molar-refractivity contribution in [3.8, 4) is 0 Å². The summed E-state index contributed by atoms with van der Waals surface area (Å²) in [4.78, 5) is 29.3. The summed E-state index contributed by atoms with van der Waals surface area (Å²) in [5.41, 5.74) is 0.646. The van der Waals surface area contributed by atoms with Crippen LogP contribution in [0.2, 0.25) is 0 Å². The van der Waals surface area contributed by atoms with Crippen molar-refractivity contribution in [2.75, 3.05) is 37.8 Å². The molecule has 1 unspecified atom stereocenters. The summed E-state index contributed by atoms with van der Waals surface area (Å²) in [6, 6.07) is 8.85. The highest BCUT2D eigenvalue weighted by atomic mass is 32.2. The van der Waals surface area contributed by atoms with Gasteiger partial charge in [-0.05, 0) is 51.0 Å². The van der Waals surface area contributed by atoms with E-state index in [2.05, 4.69) is 10.2 Å². The number of hydrogen-bond donors (Lipinski definition) is 1. The third-order valence-corrected chi connectivity index (χ3v) is 5.88. The van der Waals surface area contributed by atoms with Crippen LogP contribution >= 0.6 is 11.8 Å². The SMILES string of the molecule is O=C(NCCCN1CCCCC1)C1CSCN1C(=O)c1ccccc1. The second kappa shape index (κ2) is 9.25. The molecular weight excluding hydrogens is 334 g/mol. The van der Waals surface area contributed by atoms with Crippen LogP contribution in [0.5, 0.6) is 0 Å². The molecule has 0 radical (unpaired) electrons. The number of carbonyl (C=O) groups excluding carboxylic acids is 2. The molecule has 3 rings (SSSR count). The normalized spacial score (nSPS) is 21.3. The average Bonchev–Trinajstić information content (AvgIpc) is 3.16. The van der Waals surface area contributed by atoms with E-state index < -0.39 is 0 Å². The number of hydrogen-bond acceptors (Lipinski definition) is 4. The Hall–Kier alpha value is -1.53. The summed E-state index contributed by atoms with van der Waals surface area (Å²) >= 11 is 1.64. The van der Waals surface area contributed by atoms with Crippen LogP contribution < -0.4 is 5.32 Å². The number of rotatable bonds is 6. The van der Waals surface area contributed by atoms with E-state index in [9.17, 15) is 9.59 Å². The van der Waals surface area contributed by atoms with Gasteiger partial charge in [0.2, 0.25) is 5.91 Å². The van der Waals surface area contributed by atoms with Crippen LogP contribution in [0.4, 0.5) is 0 Å². The molecule has 2 amide bonds. The molecule has 1 aromatic carbocycles. The van der Waals surface area contributed by atoms with Crippen molar-refractivity contribution in [2.24, 2.45) is 0 Å². The minimum atomic E-state index is -0.354. The van der Waals surface area contributed by atoms with Gasteiger partial charge < -0.3 is 15.1 Å². The highest BCUT2D eigenvalue weighted by molar-refractivity contribution is 7.99. The van der Waals surface area contributed by atoms with E-state index in [1.165, 1.54) is 32.4 Å². The van der Waals surface area contributed by atoms with Crippen molar-refractivity contribution in [3.63, 3.8) is 0 Å². The lowest BCUT2D eigenvalue weighted by Crippen LogP contribution is -2.47. The van der Waals surface area contributed by atoms with E-state index in [0.717, 1.165) is 13.0 Å². The topological polar surface area (TPSA) is 52.7 Å². The van der Waals surface area contributed by atoms with Gasteiger partial charge in [0.15, 0.2) is 0 Å². The maximum absolute atomic E-state index is 12.6. The first kappa shape index (κ1) is 18.3. The van der Waals surface area contributed by atoms with Gasteiger partial charge in [-0.25, -0.2) is 0 Å². The number of nitrogens with zero attached hydrogens (tertiary/aromatic N) is 2. The Kier molecular flexibility index (Phi) is 6.76. The molecule has 136 valence electrons. The van der Waals surface area contributed by atoms with Gasteiger partial charge in [0.05, 0.1) is 5.88 Å². The number of thioether (sulfide) groups is 1. The Morgan fingerprint density at radius 1 is 1.12 bits per heavy atom. The standard InChI is InChI=1S/C19H27N3O2S/c23-18(20-10-7-13-21-11-5-2-6-12-21)17-14-25-15-22(17)19(24)16-8-3-1-4-9-16/h1,3-4,8-9,17H,2,5-7,10-15H2,(H,20,23). The van der Waals surface area contributed by atoms with Crippen molar-refractivity contribution in [1.82, 2.24) is 15.1 Å². The summed E-state index contributed by atoms with van der Waals surface area (Å²) in [6.45, 7) is 4.11. The van der Waals surface area contributed by atoms with Gasteiger partial charge in [-0.2, -0.15) is 0 Å². The van der Waals surface area contributed by atoms with Crippen molar-refractivity contribution in [2.45, 2.75) is 31.7 Å². The zero-order valence-electron chi connectivity index (χ0n) is 14.7. The molecule has 2 heterocycles. The van der Waals surface area contributed by atoms with Crippen LogP contribution in [0.15, 0.2) is 30.3 Å². The fourth-order valence-corrected chi connectivity index (χ4v) is 4.58. The minimum absolute atomic E-state index is 0.0204. The summed E-state index contributed by atoms with van der Waals surface area (Å²) in [5.74, 6) is 1.18. The van der Waals surface area contributed by atoms with E-state index in [4.69, 9.17) is 0 Å². The lowest BCUT2D eigenvalue weighted by atomic mass is 10.1. The molecule has 0 spiro atoms. The second-order valence-electron chi connectivity index (χ2n) is 6.70. The minimum Gasteiger partial charge on any atom is -0.354 e. The average molecular weight is 362 g/mol. The zero-order chi connectivity index (χ0) is 17.5. The first-order chi connectivity index (χ1) is 12.3. The molecule has 25 heavy (non-hydrogen) atoms. The Labute approximate surface area is 154 Å². The maximum Gasteiger partial charge on any atom is 0.255 e. The Morgan fingerprint density at radius 3 is 2.64 bits per heavy atom. The molecule has 0 aliphatic carbocycles. The highest BCUT2D eigenvalue weighted by Gasteiger charge is 2.34. The number of piperidine rings is 1. The summed E-state index contributed by atoms with van der Waals surface area (Å²) < 4.78 is 0. The first-order valence-corrected chi connectivity index (χ1v) is 10.3. The molecule has 2 aliphatic heterocycles. The fourth-order valence-electron chi connectivity index (χ4n) is 3.42. The maximum atomic E-state index is 12.6. The molecule has 0 bridgehead atoms. The Balaban J connectivity index is 1.45. The molecule has 1 N–H and O–H groups in total. The molecule has 1 aromatic rings. The third-order valence-electron chi connectivity index (χ3n) is 4.87. The Morgan fingerprint density at radius 2 is 1.88 bits per heavy atom. The van der Waals surface area contributed by atoms with Gasteiger partial charge in [-0.3, -0.25) is 9.59 Å². The molecule has 2 fully saturated rings. The van der Waals surface area contributed by atoms with Gasteiger partial charge in [0.1, 0.15) is 6.04 Å². The predicted octanol–water partition coefficient (Wildman–Crippen LogP) is 2.19. The van der Waals surface area contributed by atoms with Gasteiger partial charge in [-0.1, -0.05) is 24.6 Å². The number of carbonyl (C=O) groups is 2. The van der Waals surface area contributed by atoms with Crippen molar-refractivity contribution < 1.29 is 9.59 Å². The summed E-state index contributed by atoms with van der Waals surface area (Å²) in [7, 11) is 0. The molecule has 1 atom stereocenters. The van der Waals surface area contributed by atoms with Gasteiger partial charge in [0, 0.05) is 17.9 Å². The number of amides is 2. The number of benzene rings is 1. The fraction of sp³-hybridized carbons (Fsp3) is 0.579. The molecule has 0 aromatic heterocycles. The highest BCUT2D eigenvalue weighted by Crippen LogP contribution is 2.23. The molecule has 5 nitrogen and oxygen atoms in total. The van der Waals surface area contributed by atoms with Crippen LogP contribution in [0.3, 0.4) is 0 Å². The van der Waals surface area contributed by atoms with Crippen LogP contribution in [-0.4, -0.2) is 65.5 Å². The van der Waals surface area contributed by atoms with E-state index in [0.29, 0.717) is 23.7 Å². The van der Waals surface area contributed by atoms with Crippen molar-refractivity contribution in [3.05, 3.63) is 35.9 Å². The van der Waals surface area contributed by atoms with Crippen molar-refractivity contribution in [1.29, 1.82) is 0 Å². The number of likely N-dealkylation sites (tertiary alicyclic amines) is 1. The summed E-state index contributed by atoms with van der Waals surface area (Å²) in [5, 5.41) is 3.03. The van der Waals surface area contributed by atoms with E-state index in [-0.39, 0.29) is 17.9 Å². The largest absolute Gasteiger partial charge is 0.354 e. The van der Waals surface area contributed by atoms with E-state index in [1.807, 2.05) is 18.2 Å². The van der Waals surface area contributed by atoms with E-state index in [1.54, 1.807) is 28.8 Å². The Bertz CT molecular complexity index is 575. The monoisotopic (exact) mass is 361 g/mol. The smallest absolute Gasteiger partial charge is 0.255 e. The van der Waals surface area contributed by atoms with Crippen LogP contribution in [0.1, 0.15) is 36.0 Å². The van der Waals surface area contributed by atoms with Crippen molar-refractivity contribution >= 4 is 23.6 Å². The van der Waals surface area contributed by atoms with Crippen LogP contribution in [0, 0.1) is 0 Å². The quantitative estimate of drug-likeness (QED) is 0.789. The molecule has 2 saturated heterocycles. The third kappa shape index (κ3) is 4.98. The van der Waals surface area contributed by atoms with E-state index >= 15 is 0 Å². The molecule has 6 heteroatoms. The number of nitrogens with one attached hydrogen (secondary N) is 1.